The number of ether oxygens (including phenoxy) is 1. The van der Waals surface area contributed by atoms with Crippen molar-refractivity contribution in [2.24, 2.45) is 0 Å². The van der Waals surface area contributed by atoms with Crippen LogP contribution in [-0.2, 0) is 14.3 Å². The monoisotopic (exact) mass is 904 g/mol. The molecule has 1 amide bonds. The van der Waals surface area contributed by atoms with Crippen LogP contribution >= 0.6 is 0 Å². The van der Waals surface area contributed by atoms with Gasteiger partial charge in [-0.05, 0) is 51.4 Å². The summed E-state index contributed by atoms with van der Waals surface area (Å²) in [6.07, 6.45) is 63.5. The molecular weight excluding hydrogens is 791 g/mol. The molecule has 0 bridgehead atoms. The first-order valence-electron chi connectivity index (χ1n) is 28.9. The van der Waals surface area contributed by atoms with Crippen LogP contribution < -0.4 is 5.32 Å². The smallest absolute Gasteiger partial charge is 0.305 e. The van der Waals surface area contributed by atoms with Crippen molar-refractivity contribution in [1.29, 1.82) is 0 Å². The third kappa shape index (κ3) is 50.0. The first-order chi connectivity index (χ1) is 31.5. The van der Waals surface area contributed by atoms with Gasteiger partial charge in [-0.1, -0.05) is 270 Å². The number of aliphatic hydroxyl groups is 2. The van der Waals surface area contributed by atoms with Crippen LogP contribution in [0.25, 0.3) is 0 Å². The highest BCUT2D eigenvalue weighted by Crippen LogP contribution is 2.18. The number of unbranched alkanes of at least 4 members (excludes halogenated alkanes) is 41. The standard InChI is InChI=1S/C58H113NO5/c1-3-5-7-9-11-13-15-17-18-19-20-21-22-23-24-25-26-27-28-30-31-34-38-42-46-50-56(61)55(54-60)59-57(62)51-47-43-39-35-33-37-41-45-49-53-64-58(63)52-48-44-40-36-32-29-16-14-12-10-8-6-4-2/h14,16,55-56,60-61H,3-13,15,17-54H2,1-2H3,(H,59,62)/b16-14-. The lowest BCUT2D eigenvalue weighted by molar-refractivity contribution is -0.143. The molecular formula is C58H113NO5. The average molecular weight is 905 g/mol. The second-order valence-corrected chi connectivity index (χ2v) is 20.0. The molecule has 0 heterocycles. The molecule has 0 aromatic rings. The molecule has 0 aromatic carbocycles. The van der Waals surface area contributed by atoms with Crippen molar-refractivity contribution in [3.63, 3.8) is 0 Å². The Morgan fingerprint density at radius 3 is 1.12 bits per heavy atom. The molecule has 2 atom stereocenters. The fourth-order valence-corrected chi connectivity index (χ4v) is 9.11. The lowest BCUT2D eigenvalue weighted by atomic mass is 10.0. The van der Waals surface area contributed by atoms with Crippen molar-refractivity contribution < 1.29 is 24.5 Å². The van der Waals surface area contributed by atoms with Crippen molar-refractivity contribution in [3.05, 3.63) is 12.2 Å². The Morgan fingerprint density at radius 2 is 0.734 bits per heavy atom. The van der Waals surface area contributed by atoms with E-state index in [0.29, 0.717) is 25.9 Å². The molecule has 0 aliphatic rings. The van der Waals surface area contributed by atoms with Gasteiger partial charge in [0.15, 0.2) is 0 Å². The maximum absolute atomic E-state index is 12.5. The number of hydrogen-bond acceptors (Lipinski definition) is 5. The number of carbonyl (C=O) groups is 2. The van der Waals surface area contributed by atoms with Crippen molar-refractivity contribution in [3.8, 4) is 0 Å². The van der Waals surface area contributed by atoms with Gasteiger partial charge < -0.3 is 20.3 Å². The van der Waals surface area contributed by atoms with Crippen LogP contribution in [0.2, 0.25) is 0 Å². The lowest BCUT2D eigenvalue weighted by Crippen LogP contribution is -2.45. The van der Waals surface area contributed by atoms with Crippen molar-refractivity contribution in [2.45, 2.75) is 334 Å². The van der Waals surface area contributed by atoms with E-state index < -0.39 is 12.1 Å². The Balaban J connectivity index is 3.46. The van der Waals surface area contributed by atoms with Gasteiger partial charge in [-0.2, -0.15) is 0 Å². The molecule has 2 unspecified atom stereocenters. The number of aliphatic hydroxyl groups excluding tert-OH is 2. The molecule has 0 rings (SSSR count). The Hall–Kier alpha value is -1.40. The van der Waals surface area contributed by atoms with Crippen LogP contribution in [0.15, 0.2) is 12.2 Å². The first-order valence-corrected chi connectivity index (χ1v) is 28.9. The Kier molecular flexibility index (Phi) is 53.0. The molecule has 6 nitrogen and oxygen atoms in total. The summed E-state index contributed by atoms with van der Waals surface area (Å²) in [6, 6.07) is -0.562. The number of rotatable bonds is 54. The molecule has 3 N–H and O–H groups in total. The fraction of sp³-hybridized carbons (Fsp3) is 0.931. The normalized spacial score (nSPS) is 12.6. The molecule has 0 radical (unpaired) electrons. The van der Waals surface area contributed by atoms with Gasteiger partial charge in [0.1, 0.15) is 0 Å². The van der Waals surface area contributed by atoms with Gasteiger partial charge in [-0.25, -0.2) is 0 Å². The molecule has 6 heteroatoms. The van der Waals surface area contributed by atoms with E-state index in [0.717, 1.165) is 57.8 Å². The fourth-order valence-electron chi connectivity index (χ4n) is 9.11. The summed E-state index contributed by atoms with van der Waals surface area (Å²) in [4.78, 5) is 24.5. The van der Waals surface area contributed by atoms with Gasteiger partial charge in [-0.3, -0.25) is 9.59 Å². The maximum Gasteiger partial charge on any atom is 0.305 e. The van der Waals surface area contributed by atoms with E-state index >= 15 is 0 Å². The first kappa shape index (κ1) is 62.6. The molecule has 0 fully saturated rings. The summed E-state index contributed by atoms with van der Waals surface area (Å²) < 4.78 is 5.45. The number of hydrogen-bond donors (Lipinski definition) is 3. The van der Waals surface area contributed by atoms with E-state index in [1.807, 2.05) is 0 Å². The molecule has 0 aliphatic carbocycles. The highest BCUT2D eigenvalue weighted by atomic mass is 16.5. The SMILES string of the molecule is CCCCCC/C=C\CCCCCCCC(=O)OCCCCCCCCCCCC(=O)NC(CO)C(O)CCCCCCCCCCCCCCCCCCCCCCCCCCC. The third-order valence-electron chi connectivity index (χ3n) is 13.6. The second kappa shape index (κ2) is 54.2. The summed E-state index contributed by atoms with van der Waals surface area (Å²) >= 11 is 0. The molecule has 0 aromatic heterocycles. The summed E-state index contributed by atoms with van der Waals surface area (Å²) in [5, 5.41) is 23.3. The van der Waals surface area contributed by atoms with Gasteiger partial charge in [0.2, 0.25) is 5.91 Å². The van der Waals surface area contributed by atoms with Crippen molar-refractivity contribution in [2.75, 3.05) is 13.2 Å². The molecule has 0 spiro atoms. The Morgan fingerprint density at radius 1 is 0.422 bits per heavy atom. The van der Waals surface area contributed by atoms with Crippen LogP contribution in [-0.4, -0.2) is 47.4 Å². The van der Waals surface area contributed by atoms with E-state index in [4.69, 9.17) is 4.74 Å². The minimum Gasteiger partial charge on any atom is -0.466 e. The maximum atomic E-state index is 12.5. The van der Waals surface area contributed by atoms with E-state index in [1.54, 1.807) is 0 Å². The van der Waals surface area contributed by atoms with E-state index in [-0.39, 0.29) is 18.5 Å². The number of esters is 1. The predicted molar refractivity (Wildman–Crippen MR) is 278 cm³/mol. The van der Waals surface area contributed by atoms with Crippen LogP contribution in [0.1, 0.15) is 322 Å². The van der Waals surface area contributed by atoms with Gasteiger partial charge in [0, 0.05) is 12.8 Å². The van der Waals surface area contributed by atoms with Crippen LogP contribution in [0, 0.1) is 0 Å². The molecule has 0 saturated heterocycles. The topological polar surface area (TPSA) is 95.9 Å². The van der Waals surface area contributed by atoms with E-state index in [1.165, 1.54) is 231 Å². The van der Waals surface area contributed by atoms with Gasteiger partial charge in [0.25, 0.3) is 0 Å². The number of amides is 1. The van der Waals surface area contributed by atoms with Crippen LogP contribution in [0.4, 0.5) is 0 Å². The summed E-state index contributed by atoms with van der Waals surface area (Å²) in [5.41, 5.74) is 0. The molecule has 0 saturated carbocycles. The second-order valence-electron chi connectivity index (χ2n) is 20.0. The number of allylic oxidation sites excluding steroid dienone is 2. The number of carbonyl (C=O) groups excluding carboxylic acids is 2. The Bertz CT molecular complexity index is 955. The summed E-state index contributed by atoms with van der Waals surface area (Å²) in [6.45, 7) is 4.89. The highest BCUT2D eigenvalue weighted by molar-refractivity contribution is 5.76. The molecule has 0 aliphatic heterocycles. The minimum atomic E-state index is -0.683. The average Bonchev–Trinajstić information content (AvgIpc) is 3.29. The van der Waals surface area contributed by atoms with Crippen molar-refractivity contribution >= 4 is 11.9 Å². The highest BCUT2D eigenvalue weighted by Gasteiger charge is 2.20. The number of nitrogens with one attached hydrogen (secondary N) is 1. The predicted octanol–water partition coefficient (Wildman–Crippen LogP) is 17.7. The van der Waals surface area contributed by atoms with Crippen LogP contribution in [0.3, 0.4) is 0 Å². The zero-order valence-corrected chi connectivity index (χ0v) is 43.3. The van der Waals surface area contributed by atoms with Gasteiger partial charge in [-0.15, -0.1) is 0 Å². The zero-order valence-electron chi connectivity index (χ0n) is 43.3. The zero-order chi connectivity index (χ0) is 46.5. The van der Waals surface area contributed by atoms with E-state index in [9.17, 15) is 19.8 Å². The van der Waals surface area contributed by atoms with E-state index in [2.05, 4.69) is 31.3 Å². The minimum absolute atomic E-state index is 0.0329. The third-order valence-corrected chi connectivity index (χ3v) is 13.6. The molecule has 64 heavy (non-hydrogen) atoms. The quantitative estimate of drug-likeness (QED) is 0.0321. The van der Waals surface area contributed by atoms with Crippen LogP contribution in [0.5, 0.6) is 0 Å². The summed E-state index contributed by atoms with van der Waals surface area (Å²) in [7, 11) is 0. The van der Waals surface area contributed by atoms with Gasteiger partial charge >= 0.3 is 5.97 Å². The lowest BCUT2D eigenvalue weighted by Gasteiger charge is -2.22. The largest absolute Gasteiger partial charge is 0.466 e. The Labute approximate surface area is 399 Å². The summed E-state index contributed by atoms with van der Waals surface area (Å²) in [5.74, 6) is -0.0923. The van der Waals surface area contributed by atoms with Crippen molar-refractivity contribution in [1.82, 2.24) is 5.32 Å². The van der Waals surface area contributed by atoms with Gasteiger partial charge in [0.05, 0.1) is 25.4 Å². The molecule has 380 valence electrons.